The summed E-state index contributed by atoms with van der Waals surface area (Å²) in [6.07, 6.45) is 1.02. The molecule has 5 heteroatoms. The first kappa shape index (κ1) is 14.1. The molecule has 3 N–H and O–H groups in total. The predicted molar refractivity (Wildman–Crippen MR) is 77.8 cm³/mol. The third-order valence-corrected chi connectivity index (χ3v) is 4.02. The van der Waals surface area contributed by atoms with Crippen LogP contribution in [0.15, 0.2) is 11.4 Å². The molecule has 1 aromatic heterocycles. The van der Waals surface area contributed by atoms with Crippen LogP contribution in [-0.2, 0) is 11.3 Å². The van der Waals surface area contributed by atoms with Gasteiger partial charge in [0.2, 0.25) is 5.91 Å². The smallest absolute Gasteiger partial charge is 0.217 e. The molecule has 1 aliphatic rings. The molecule has 4 nitrogen and oxygen atoms in total. The summed E-state index contributed by atoms with van der Waals surface area (Å²) >= 11 is 1.73. The molecule has 1 aliphatic heterocycles. The fourth-order valence-corrected chi connectivity index (χ4v) is 3.18. The molecule has 1 atom stereocenters. The molecule has 0 radical (unpaired) electrons. The number of carbonyl (C=O) groups excluding carboxylic acids is 1. The highest BCUT2D eigenvalue weighted by Crippen LogP contribution is 2.20. The quantitative estimate of drug-likeness (QED) is 0.802. The largest absolute Gasteiger partial charge is 0.352 e. The summed E-state index contributed by atoms with van der Waals surface area (Å²) in [5.41, 5.74) is 6.48. The van der Waals surface area contributed by atoms with Gasteiger partial charge in [-0.3, -0.25) is 9.69 Å². The Kier molecular flexibility index (Phi) is 4.97. The van der Waals surface area contributed by atoms with Crippen LogP contribution in [0.3, 0.4) is 0 Å². The monoisotopic (exact) mass is 277 g/mol. The molecule has 1 saturated heterocycles. The number of carbonyl (C=O) groups is 1. The Bertz CT molecular complexity index is 500. The molecular formula is C14H19N3OS. The maximum Gasteiger partial charge on any atom is 0.217 e. The van der Waals surface area contributed by atoms with Gasteiger partial charge >= 0.3 is 0 Å². The Labute approximate surface area is 118 Å². The van der Waals surface area contributed by atoms with Gasteiger partial charge in [0.05, 0.1) is 6.54 Å². The summed E-state index contributed by atoms with van der Waals surface area (Å²) in [6, 6.07) is 2.33. The molecule has 0 saturated carbocycles. The lowest BCUT2D eigenvalue weighted by Gasteiger charge is -2.15. The van der Waals surface area contributed by atoms with E-state index in [-0.39, 0.29) is 11.9 Å². The summed E-state index contributed by atoms with van der Waals surface area (Å²) in [5.74, 6) is 6.06. The van der Waals surface area contributed by atoms with E-state index in [0.29, 0.717) is 6.54 Å². The number of nitrogens with two attached hydrogens (primary N) is 1. The molecule has 1 amide bonds. The topological polar surface area (TPSA) is 58.4 Å². The highest BCUT2D eigenvalue weighted by atomic mass is 32.1. The summed E-state index contributed by atoms with van der Waals surface area (Å²) in [7, 11) is 0. The lowest BCUT2D eigenvalue weighted by atomic mass is 10.2. The fourth-order valence-electron chi connectivity index (χ4n) is 2.31. The number of hydrogen-bond acceptors (Lipinski definition) is 4. The van der Waals surface area contributed by atoms with Crippen LogP contribution in [0, 0.1) is 11.8 Å². The van der Waals surface area contributed by atoms with Crippen molar-refractivity contribution in [2.45, 2.75) is 25.9 Å². The minimum absolute atomic E-state index is 0.0532. The highest BCUT2D eigenvalue weighted by Gasteiger charge is 2.23. The lowest BCUT2D eigenvalue weighted by Crippen LogP contribution is -2.35. The van der Waals surface area contributed by atoms with Crippen molar-refractivity contribution < 1.29 is 4.79 Å². The first-order chi connectivity index (χ1) is 9.19. The average Bonchev–Trinajstić information content (AvgIpc) is 2.96. The van der Waals surface area contributed by atoms with Gasteiger partial charge < -0.3 is 11.1 Å². The highest BCUT2D eigenvalue weighted by molar-refractivity contribution is 7.10. The van der Waals surface area contributed by atoms with Gasteiger partial charge in [0.25, 0.3) is 0 Å². The van der Waals surface area contributed by atoms with Crippen molar-refractivity contribution in [3.8, 4) is 11.8 Å². The van der Waals surface area contributed by atoms with Crippen molar-refractivity contribution in [2.24, 2.45) is 5.73 Å². The van der Waals surface area contributed by atoms with Crippen molar-refractivity contribution in [1.82, 2.24) is 10.2 Å². The minimum atomic E-state index is 0.0532. The molecule has 2 rings (SSSR count). The van der Waals surface area contributed by atoms with E-state index in [9.17, 15) is 4.79 Å². The number of nitrogens with one attached hydrogen (secondary N) is 1. The van der Waals surface area contributed by atoms with Gasteiger partial charge in [-0.2, -0.15) is 0 Å². The van der Waals surface area contributed by atoms with Crippen LogP contribution in [0.1, 0.15) is 23.8 Å². The number of amides is 1. The van der Waals surface area contributed by atoms with Crippen LogP contribution >= 0.6 is 11.3 Å². The van der Waals surface area contributed by atoms with Gasteiger partial charge in [0.1, 0.15) is 0 Å². The van der Waals surface area contributed by atoms with Crippen molar-refractivity contribution in [1.29, 1.82) is 0 Å². The van der Waals surface area contributed by atoms with E-state index in [2.05, 4.69) is 27.4 Å². The molecule has 0 bridgehead atoms. The van der Waals surface area contributed by atoms with Crippen LogP contribution in [0.2, 0.25) is 0 Å². The first-order valence-electron chi connectivity index (χ1n) is 6.44. The Morgan fingerprint density at radius 1 is 1.68 bits per heavy atom. The summed E-state index contributed by atoms with van der Waals surface area (Å²) < 4.78 is 0. The van der Waals surface area contributed by atoms with E-state index in [1.807, 2.05) is 6.07 Å². The molecule has 2 heterocycles. The van der Waals surface area contributed by atoms with Crippen molar-refractivity contribution in [2.75, 3.05) is 19.6 Å². The van der Waals surface area contributed by atoms with Crippen LogP contribution in [0.5, 0.6) is 0 Å². The summed E-state index contributed by atoms with van der Waals surface area (Å²) in [4.78, 5) is 14.7. The maximum absolute atomic E-state index is 11.0. The average molecular weight is 277 g/mol. The van der Waals surface area contributed by atoms with Crippen LogP contribution in [0.4, 0.5) is 0 Å². The molecule has 0 aromatic carbocycles. The van der Waals surface area contributed by atoms with Gasteiger partial charge in [0, 0.05) is 43.0 Å². The van der Waals surface area contributed by atoms with E-state index in [1.54, 1.807) is 18.3 Å². The number of thiophene rings is 1. The number of hydrogen-bond donors (Lipinski definition) is 2. The van der Waals surface area contributed by atoms with E-state index in [1.165, 1.54) is 4.88 Å². The molecule has 0 spiro atoms. The van der Waals surface area contributed by atoms with Gasteiger partial charge in [-0.05, 0) is 17.9 Å². The molecule has 0 aliphatic carbocycles. The van der Waals surface area contributed by atoms with E-state index in [0.717, 1.165) is 31.6 Å². The Morgan fingerprint density at radius 3 is 3.26 bits per heavy atom. The Hall–Kier alpha value is -1.35. The summed E-state index contributed by atoms with van der Waals surface area (Å²) in [6.45, 7) is 4.81. The van der Waals surface area contributed by atoms with Crippen molar-refractivity contribution >= 4 is 17.2 Å². The SMILES string of the molecule is CC(=O)NC1CCN(Cc2sccc2C#CCN)C1. The number of likely N-dealkylation sites (tertiary alicyclic amines) is 1. The first-order valence-corrected chi connectivity index (χ1v) is 7.31. The predicted octanol–water partition coefficient (Wildman–Crippen LogP) is 0.769. The Balaban J connectivity index is 1.92. The van der Waals surface area contributed by atoms with Gasteiger partial charge in [0.15, 0.2) is 0 Å². The lowest BCUT2D eigenvalue weighted by molar-refractivity contribution is -0.119. The zero-order chi connectivity index (χ0) is 13.7. The minimum Gasteiger partial charge on any atom is -0.352 e. The maximum atomic E-state index is 11.0. The van der Waals surface area contributed by atoms with E-state index >= 15 is 0 Å². The van der Waals surface area contributed by atoms with Gasteiger partial charge in [-0.15, -0.1) is 11.3 Å². The second-order valence-corrected chi connectivity index (χ2v) is 5.69. The van der Waals surface area contributed by atoms with Crippen LogP contribution in [-0.4, -0.2) is 36.5 Å². The molecule has 1 fully saturated rings. The van der Waals surface area contributed by atoms with Crippen molar-refractivity contribution in [3.05, 3.63) is 21.9 Å². The fraction of sp³-hybridized carbons (Fsp3) is 0.500. The van der Waals surface area contributed by atoms with E-state index < -0.39 is 0 Å². The number of rotatable bonds is 3. The molecule has 19 heavy (non-hydrogen) atoms. The Morgan fingerprint density at radius 2 is 2.53 bits per heavy atom. The standard InChI is InChI=1S/C14H19N3OS/c1-11(18)16-13-4-7-17(9-13)10-14-12(3-2-6-15)5-8-19-14/h5,8,13H,4,6-7,9-10,15H2,1H3,(H,16,18). The molecule has 1 unspecified atom stereocenters. The zero-order valence-electron chi connectivity index (χ0n) is 11.1. The van der Waals surface area contributed by atoms with Crippen LogP contribution in [0.25, 0.3) is 0 Å². The van der Waals surface area contributed by atoms with E-state index in [4.69, 9.17) is 5.73 Å². The zero-order valence-corrected chi connectivity index (χ0v) is 11.9. The van der Waals surface area contributed by atoms with Gasteiger partial charge in [-0.1, -0.05) is 11.8 Å². The summed E-state index contributed by atoms with van der Waals surface area (Å²) in [5, 5.41) is 5.05. The normalized spacial score (nSPS) is 18.9. The number of nitrogens with zero attached hydrogens (tertiary/aromatic N) is 1. The third-order valence-electron chi connectivity index (χ3n) is 3.12. The molecule has 102 valence electrons. The van der Waals surface area contributed by atoms with Gasteiger partial charge in [-0.25, -0.2) is 0 Å². The molecular weight excluding hydrogens is 258 g/mol. The van der Waals surface area contributed by atoms with Crippen LogP contribution < -0.4 is 11.1 Å². The molecule has 1 aromatic rings. The van der Waals surface area contributed by atoms with Crippen molar-refractivity contribution in [3.63, 3.8) is 0 Å². The second kappa shape index (κ2) is 6.71. The third kappa shape index (κ3) is 4.06. The second-order valence-electron chi connectivity index (χ2n) is 4.68.